The van der Waals surface area contributed by atoms with E-state index in [1.54, 1.807) is 18.3 Å². The van der Waals surface area contributed by atoms with Gasteiger partial charge in [0, 0.05) is 23.8 Å². The number of hydrogen-bond donors (Lipinski definition) is 0. The first kappa shape index (κ1) is 10.1. The van der Waals surface area contributed by atoms with Gasteiger partial charge < -0.3 is 0 Å². The second-order valence-corrected chi connectivity index (χ2v) is 3.26. The molecule has 0 N–H and O–H groups in total. The Bertz CT molecular complexity index is 602. The largest absolute Gasteiger partial charge is 0.277 e. The van der Waals surface area contributed by atoms with E-state index in [2.05, 4.69) is 4.98 Å². The van der Waals surface area contributed by atoms with Crippen LogP contribution in [0.2, 0.25) is 0 Å². The summed E-state index contributed by atoms with van der Waals surface area (Å²) in [7, 11) is 0. The van der Waals surface area contributed by atoms with Crippen molar-refractivity contribution in [2.75, 3.05) is 0 Å². The number of pyridine rings is 1. The van der Waals surface area contributed by atoms with Crippen molar-refractivity contribution < 1.29 is 4.92 Å². The van der Waals surface area contributed by atoms with E-state index in [1.807, 2.05) is 6.07 Å². The summed E-state index contributed by atoms with van der Waals surface area (Å²) in [5, 5.41) is 20.6. The third kappa shape index (κ3) is 1.57. The van der Waals surface area contributed by atoms with Gasteiger partial charge in [-0.05, 0) is 11.6 Å². The highest BCUT2D eigenvalue weighted by Crippen LogP contribution is 2.27. The highest BCUT2D eigenvalue weighted by molar-refractivity contribution is 5.92. The summed E-state index contributed by atoms with van der Waals surface area (Å²) in [6, 6.07) is 6.65. The minimum absolute atomic E-state index is 0.0408. The zero-order chi connectivity index (χ0) is 11.5. The van der Waals surface area contributed by atoms with Crippen LogP contribution in [0.3, 0.4) is 0 Å². The van der Waals surface area contributed by atoms with E-state index in [-0.39, 0.29) is 12.1 Å². The van der Waals surface area contributed by atoms with Crippen LogP contribution in [0.15, 0.2) is 30.6 Å². The van der Waals surface area contributed by atoms with Gasteiger partial charge in [0.25, 0.3) is 5.69 Å². The summed E-state index contributed by atoms with van der Waals surface area (Å²) >= 11 is 0. The molecule has 0 saturated heterocycles. The third-order valence-corrected chi connectivity index (χ3v) is 2.35. The molecule has 2 aromatic rings. The number of nitriles is 1. The molecular formula is C11H7N3O2. The topological polar surface area (TPSA) is 79.8 Å². The lowest BCUT2D eigenvalue weighted by molar-refractivity contribution is -0.383. The van der Waals surface area contributed by atoms with Crippen molar-refractivity contribution in [2.45, 2.75) is 6.42 Å². The third-order valence-electron chi connectivity index (χ3n) is 2.35. The van der Waals surface area contributed by atoms with Gasteiger partial charge in [0.15, 0.2) is 0 Å². The van der Waals surface area contributed by atoms with Gasteiger partial charge in [-0.3, -0.25) is 15.1 Å². The van der Waals surface area contributed by atoms with Crippen molar-refractivity contribution in [1.29, 1.82) is 5.26 Å². The van der Waals surface area contributed by atoms with Gasteiger partial charge in [-0.15, -0.1) is 0 Å². The van der Waals surface area contributed by atoms with Crippen molar-refractivity contribution >= 4 is 16.5 Å². The van der Waals surface area contributed by atoms with E-state index in [9.17, 15) is 10.1 Å². The van der Waals surface area contributed by atoms with Crippen molar-refractivity contribution in [1.82, 2.24) is 4.98 Å². The SMILES string of the molecule is N#CCc1ccc([N+](=O)[O-])c2ccncc12. The first-order valence-corrected chi connectivity index (χ1v) is 4.61. The van der Waals surface area contributed by atoms with E-state index in [0.29, 0.717) is 10.8 Å². The van der Waals surface area contributed by atoms with Crippen LogP contribution in [-0.4, -0.2) is 9.91 Å². The molecule has 0 amide bonds. The summed E-state index contributed by atoms with van der Waals surface area (Å²) in [6.07, 6.45) is 3.28. The molecule has 0 aliphatic heterocycles. The quantitative estimate of drug-likeness (QED) is 0.565. The highest BCUT2D eigenvalue weighted by atomic mass is 16.6. The van der Waals surface area contributed by atoms with Gasteiger partial charge in [0.05, 0.1) is 22.8 Å². The first-order valence-electron chi connectivity index (χ1n) is 4.61. The average Bonchev–Trinajstić information content (AvgIpc) is 2.29. The summed E-state index contributed by atoms with van der Waals surface area (Å²) in [6.45, 7) is 0. The number of rotatable bonds is 2. The van der Waals surface area contributed by atoms with Gasteiger partial charge in [-0.25, -0.2) is 0 Å². The van der Waals surface area contributed by atoms with E-state index in [0.717, 1.165) is 5.56 Å². The molecule has 1 heterocycles. The van der Waals surface area contributed by atoms with Gasteiger partial charge in [-0.1, -0.05) is 6.07 Å². The number of nitro benzene ring substituents is 1. The van der Waals surface area contributed by atoms with Gasteiger partial charge in [0.2, 0.25) is 0 Å². The second-order valence-electron chi connectivity index (χ2n) is 3.26. The zero-order valence-electron chi connectivity index (χ0n) is 8.25. The van der Waals surface area contributed by atoms with Gasteiger partial charge in [-0.2, -0.15) is 5.26 Å². The molecule has 1 aromatic carbocycles. The standard InChI is InChI=1S/C11H7N3O2/c12-5-3-8-1-2-11(14(15)16)9-4-6-13-7-10(8)9/h1-2,4,6-7H,3H2. The zero-order valence-corrected chi connectivity index (χ0v) is 8.25. The molecule has 0 atom stereocenters. The van der Waals surface area contributed by atoms with E-state index in [1.165, 1.54) is 12.3 Å². The van der Waals surface area contributed by atoms with Crippen LogP contribution >= 0.6 is 0 Å². The molecule has 0 saturated carbocycles. The Kier molecular flexibility index (Phi) is 2.48. The minimum Gasteiger partial charge on any atom is -0.264 e. The molecule has 0 aliphatic carbocycles. The Morgan fingerprint density at radius 1 is 1.38 bits per heavy atom. The highest BCUT2D eigenvalue weighted by Gasteiger charge is 2.13. The number of fused-ring (bicyclic) bond motifs is 1. The fraction of sp³-hybridized carbons (Fsp3) is 0.0909. The van der Waals surface area contributed by atoms with Crippen LogP contribution in [0, 0.1) is 21.4 Å². The molecular weight excluding hydrogens is 206 g/mol. The normalized spacial score (nSPS) is 9.94. The van der Waals surface area contributed by atoms with Crippen molar-refractivity contribution in [2.24, 2.45) is 0 Å². The van der Waals surface area contributed by atoms with Crippen LogP contribution in [-0.2, 0) is 6.42 Å². The summed E-state index contributed by atoms with van der Waals surface area (Å²) in [4.78, 5) is 14.3. The Balaban J connectivity index is 2.78. The van der Waals surface area contributed by atoms with Gasteiger partial charge >= 0.3 is 0 Å². The van der Waals surface area contributed by atoms with Crippen molar-refractivity contribution in [3.8, 4) is 6.07 Å². The fourth-order valence-corrected chi connectivity index (χ4v) is 1.63. The molecule has 5 heteroatoms. The number of benzene rings is 1. The maximum atomic E-state index is 10.8. The van der Waals surface area contributed by atoms with Crippen molar-refractivity contribution in [3.05, 3.63) is 46.3 Å². The molecule has 2 rings (SSSR count). The predicted octanol–water partition coefficient (Wildman–Crippen LogP) is 2.21. The lowest BCUT2D eigenvalue weighted by atomic mass is 10.0. The van der Waals surface area contributed by atoms with Crippen LogP contribution < -0.4 is 0 Å². The van der Waals surface area contributed by atoms with E-state index in [4.69, 9.17) is 5.26 Å². The van der Waals surface area contributed by atoms with Crippen LogP contribution in [0.5, 0.6) is 0 Å². The molecule has 0 radical (unpaired) electrons. The number of hydrogen-bond acceptors (Lipinski definition) is 4. The predicted molar refractivity (Wildman–Crippen MR) is 57.7 cm³/mol. The van der Waals surface area contributed by atoms with Crippen LogP contribution in [0.1, 0.15) is 5.56 Å². The molecule has 16 heavy (non-hydrogen) atoms. The maximum absolute atomic E-state index is 10.8. The molecule has 0 spiro atoms. The summed E-state index contributed by atoms with van der Waals surface area (Å²) in [5.41, 5.74) is 0.801. The number of nitro groups is 1. The lowest BCUT2D eigenvalue weighted by Crippen LogP contribution is -1.93. The minimum atomic E-state index is -0.432. The Labute approximate surface area is 91.1 Å². The van der Waals surface area contributed by atoms with E-state index >= 15 is 0 Å². The van der Waals surface area contributed by atoms with Crippen molar-refractivity contribution in [3.63, 3.8) is 0 Å². The molecule has 1 aromatic heterocycles. The van der Waals surface area contributed by atoms with Gasteiger partial charge in [0.1, 0.15) is 0 Å². The number of nitrogens with zero attached hydrogens (tertiary/aromatic N) is 3. The van der Waals surface area contributed by atoms with Crippen LogP contribution in [0.25, 0.3) is 10.8 Å². The first-order chi connectivity index (χ1) is 7.74. The average molecular weight is 213 g/mol. The molecule has 0 aliphatic rings. The monoisotopic (exact) mass is 213 g/mol. The Morgan fingerprint density at radius 3 is 2.88 bits per heavy atom. The molecule has 0 fully saturated rings. The summed E-state index contributed by atoms with van der Waals surface area (Å²) < 4.78 is 0. The molecule has 0 bridgehead atoms. The molecule has 5 nitrogen and oxygen atoms in total. The number of aromatic nitrogens is 1. The fourth-order valence-electron chi connectivity index (χ4n) is 1.63. The van der Waals surface area contributed by atoms with E-state index < -0.39 is 4.92 Å². The Hall–Kier alpha value is -2.48. The summed E-state index contributed by atoms with van der Waals surface area (Å²) in [5.74, 6) is 0. The molecule has 78 valence electrons. The van der Waals surface area contributed by atoms with Crippen LogP contribution in [0.4, 0.5) is 5.69 Å². The second kappa shape index (κ2) is 3.95. The smallest absolute Gasteiger partial charge is 0.264 e. The maximum Gasteiger partial charge on any atom is 0.277 e. The Morgan fingerprint density at radius 2 is 2.19 bits per heavy atom. The lowest BCUT2D eigenvalue weighted by Gasteiger charge is -2.02. The molecule has 0 unspecified atom stereocenters. The number of non-ortho nitro benzene ring substituents is 1.